The minimum absolute atomic E-state index is 0.0829. The first-order chi connectivity index (χ1) is 8.70. The van der Waals surface area contributed by atoms with Gasteiger partial charge in [0.2, 0.25) is 11.1 Å². The fourth-order valence-electron chi connectivity index (χ4n) is 1.24. The summed E-state index contributed by atoms with van der Waals surface area (Å²) in [6.45, 7) is 1.95. The lowest BCUT2D eigenvalue weighted by Gasteiger charge is -2.11. The highest BCUT2D eigenvalue weighted by molar-refractivity contribution is 8.00. The van der Waals surface area contributed by atoms with E-state index in [2.05, 4.69) is 25.8 Å². The molecule has 0 aliphatic carbocycles. The van der Waals surface area contributed by atoms with Crippen LogP contribution in [0.15, 0.2) is 16.7 Å². The molecule has 1 atom stereocenters. The van der Waals surface area contributed by atoms with Gasteiger partial charge in [0.25, 0.3) is 0 Å². The number of amides is 1. The molecule has 2 heterocycles. The van der Waals surface area contributed by atoms with Gasteiger partial charge in [-0.3, -0.25) is 4.79 Å². The highest BCUT2D eigenvalue weighted by Crippen LogP contribution is 2.23. The summed E-state index contributed by atoms with van der Waals surface area (Å²) in [4.78, 5) is 16.1. The second kappa shape index (κ2) is 5.91. The molecule has 0 aliphatic heterocycles. The summed E-state index contributed by atoms with van der Waals surface area (Å²) in [5.74, 6) is -0.0829. The quantitative estimate of drug-likeness (QED) is 0.830. The molecular weight excluding hydrogens is 272 g/mol. The number of nitrogens with one attached hydrogen (secondary N) is 1. The Morgan fingerprint density at radius 2 is 2.50 bits per heavy atom. The zero-order valence-electron chi connectivity index (χ0n) is 9.90. The Morgan fingerprint density at radius 3 is 3.06 bits per heavy atom. The predicted octanol–water partition coefficient (Wildman–Crippen LogP) is 1.18. The van der Waals surface area contributed by atoms with Crippen LogP contribution in [0.4, 0.5) is 5.13 Å². The highest BCUT2D eigenvalue weighted by Gasteiger charge is 2.21. The second-order valence-corrected chi connectivity index (χ2v) is 5.49. The van der Waals surface area contributed by atoms with Crippen LogP contribution in [0.2, 0.25) is 0 Å². The molecule has 0 fully saturated rings. The number of anilines is 1. The number of hydrogen-bond acceptors (Lipinski definition) is 7. The number of rotatable bonds is 5. The van der Waals surface area contributed by atoms with Crippen molar-refractivity contribution in [2.45, 2.75) is 23.8 Å². The van der Waals surface area contributed by atoms with Crippen molar-refractivity contribution in [1.82, 2.24) is 25.2 Å². The Balaban J connectivity index is 2.00. The number of aryl methyl sites for hydroxylation is 1. The van der Waals surface area contributed by atoms with E-state index >= 15 is 0 Å². The lowest BCUT2D eigenvalue weighted by atomic mass is 10.3. The SMILES string of the molecule is CC[C@@H](Sc1nnnn1C)C(=O)Nc1nccs1. The number of nitrogens with zero attached hydrogens (tertiary/aromatic N) is 5. The van der Waals surface area contributed by atoms with Crippen molar-refractivity contribution in [3.63, 3.8) is 0 Å². The van der Waals surface area contributed by atoms with Gasteiger partial charge < -0.3 is 5.32 Å². The molecule has 7 nitrogen and oxygen atoms in total. The Hall–Kier alpha value is -1.48. The van der Waals surface area contributed by atoms with Gasteiger partial charge >= 0.3 is 0 Å². The Bertz CT molecular complexity index is 511. The van der Waals surface area contributed by atoms with E-state index in [9.17, 15) is 4.79 Å². The number of tetrazole rings is 1. The van der Waals surface area contributed by atoms with Gasteiger partial charge in [0, 0.05) is 18.6 Å². The average molecular weight is 284 g/mol. The maximum absolute atomic E-state index is 12.0. The number of aromatic nitrogens is 5. The summed E-state index contributed by atoms with van der Waals surface area (Å²) in [5.41, 5.74) is 0. The first-order valence-electron chi connectivity index (χ1n) is 5.30. The molecule has 0 saturated carbocycles. The molecule has 0 aromatic carbocycles. The molecule has 2 aromatic rings. The number of thioether (sulfide) groups is 1. The standard InChI is InChI=1S/C9H12N6OS2/c1-3-6(18-9-12-13-14-15(9)2)7(16)11-8-10-4-5-17-8/h4-6H,3H2,1-2H3,(H,10,11,16)/t6-/m1/s1. The van der Waals surface area contributed by atoms with Crippen molar-refractivity contribution in [2.24, 2.45) is 7.05 Å². The van der Waals surface area contributed by atoms with Crippen LogP contribution in [-0.2, 0) is 11.8 Å². The molecule has 2 aromatic heterocycles. The van der Waals surface area contributed by atoms with Crippen molar-refractivity contribution >= 4 is 34.1 Å². The normalized spacial score (nSPS) is 12.3. The molecule has 0 bridgehead atoms. The second-order valence-electron chi connectivity index (χ2n) is 3.43. The van der Waals surface area contributed by atoms with Gasteiger partial charge in [-0.25, -0.2) is 9.67 Å². The number of thiazole rings is 1. The molecular formula is C9H12N6OS2. The largest absolute Gasteiger partial charge is 0.301 e. The lowest BCUT2D eigenvalue weighted by molar-refractivity contribution is -0.115. The van der Waals surface area contributed by atoms with E-state index in [1.807, 2.05) is 12.3 Å². The van der Waals surface area contributed by atoms with Gasteiger partial charge in [0.15, 0.2) is 5.13 Å². The number of carbonyl (C=O) groups excluding carboxylic acids is 1. The van der Waals surface area contributed by atoms with E-state index < -0.39 is 0 Å². The highest BCUT2D eigenvalue weighted by atomic mass is 32.2. The fourth-order valence-corrected chi connectivity index (χ4v) is 2.63. The summed E-state index contributed by atoms with van der Waals surface area (Å²) in [6, 6.07) is 0. The molecule has 96 valence electrons. The van der Waals surface area contributed by atoms with Gasteiger partial charge in [-0.05, 0) is 16.8 Å². The van der Waals surface area contributed by atoms with Gasteiger partial charge in [-0.1, -0.05) is 18.7 Å². The monoisotopic (exact) mass is 284 g/mol. The van der Waals surface area contributed by atoms with E-state index in [4.69, 9.17) is 0 Å². The van der Waals surface area contributed by atoms with Crippen LogP contribution < -0.4 is 5.32 Å². The number of hydrogen-bond donors (Lipinski definition) is 1. The molecule has 1 amide bonds. The van der Waals surface area contributed by atoms with Crippen LogP contribution in [0, 0.1) is 0 Å². The summed E-state index contributed by atoms with van der Waals surface area (Å²) in [6.07, 6.45) is 2.34. The van der Waals surface area contributed by atoms with Gasteiger partial charge in [0.05, 0.1) is 5.25 Å². The first-order valence-corrected chi connectivity index (χ1v) is 7.06. The first kappa shape index (κ1) is 13.0. The summed E-state index contributed by atoms with van der Waals surface area (Å²) >= 11 is 2.74. The average Bonchev–Trinajstić information content (AvgIpc) is 2.98. The topological polar surface area (TPSA) is 85.6 Å². The lowest BCUT2D eigenvalue weighted by Crippen LogP contribution is -2.24. The van der Waals surface area contributed by atoms with Crippen LogP contribution in [0.1, 0.15) is 13.3 Å². The van der Waals surface area contributed by atoms with E-state index in [1.54, 1.807) is 17.9 Å². The van der Waals surface area contributed by atoms with E-state index in [0.717, 1.165) is 0 Å². The number of carbonyl (C=O) groups is 1. The molecule has 0 saturated heterocycles. The molecule has 0 unspecified atom stereocenters. The smallest absolute Gasteiger partial charge is 0.239 e. The van der Waals surface area contributed by atoms with E-state index in [1.165, 1.54) is 23.1 Å². The fraction of sp³-hybridized carbons (Fsp3) is 0.444. The zero-order valence-corrected chi connectivity index (χ0v) is 11.5. The molecule has 0 spiro atoms. The molecule has 0 aliphatic rings. The van der Waals surface area contributed by atoms with Gasteiger partial charge in [-0.2, -0.15) is 0 Å². The molecule has 18 heavy (non-hydrogen) atoms. The van der Waals surface area contributed by atoms with Crippen LogP contribution >= 0.6 is 23.1 Å². The summed E-state index contributed by atoms with van der Waals surface area (Å²) in [7, 11) is 1.74. The van der Waals surface area contributed by atoms with Crippen LogP contribution in [0.25, 0.3) is 0 Å². The molecule has 0 radical (unpaired) electrons. The third kappa shape index (κ3) is 3.05. The maximum Gasteiger partial charge on any atom is 0.239 e. The Morgan fingerprint density at radius 1 is 1.67 bits per heavy atom. The van der Waals surface area contributed by atoms with Crippen molar-refractivity contribution in [1.29, 1.82) is 0 Å². The molecule has 9 heteroatoms. The minimum Gasteiger partial charge on any atom is -0.301 e. The van der Waals surface area contributed by atoms with Crippen LogP contribution in [-0.4, -0.2) is 36.3 Å². The Labute approximate surface area is 112 Å². The molecule has 2 rings (SSSR count). The van der Waals surface area contributed by atoms with E-state index in [-0.39, 0.29) is 11.2 Å². The predicted molar refractivity (Wildman–Crippen MR) is 69.5 cm³/mol. The van der Waals surface area contributed by atoms with Crippen LogP contribution in [0.5, 0.6) is 0 Å². The zero-order chi connectivity index (χ0) is 13.0. The summed E-state index contributed by atoms with van der Waals surface area (Å²) < 4.78 is 1.55. The van der Waals surface area contributed by atoms with E-state index in [0.29, 0.717) is 16.7 Å². The third-order valence-corrected chi connectivity index (χ3v) is 4.23. The van der Waals surface area contributed by atoms with Crippen molar-refractivity contribution in [2.75, 3.05) is 5.32 Å². The van der Waals surface area contributed by atoms with Crippen molar-refractivity contribution < 1.29 is 4.79 Å². The minimum atomic E-state index is -0.237. The third-order valence-electron chi connectivity index (χ3n) is 2.15. The van der Waals surface area contributed by atoms with Crippen molar-refractivity contribution in [3.05, 3.63) is 11.6 Å². The summed E-state index contributed by atoms with van der Waals surface area (Å²) in [5, 5.41) is 16.7. The van der Waals surface area contributed by atoms with Gasteiger partial charge in [-0.15, -0.1) is 16.4 Å². The maximum atomic E-state index is 12.0. The Kier molecular flexibility index (Phi) is 4.26. The molecule has 1 N–H and O–H groups in total. The van der Waals surface area contributed by atoms with Crippen molar-refractivity contribution in [3.8, 4) is 0 Å². The van der Waals surface area contributed by atoms with Gasteiger partial charge in [0.1, 0.15) is 0 Å². The van der Waals surface area contributed by atoms with Crippen LogP contribution in [0.3, 0.4) is 0 Å².